The minimum Gasteiger partial charge on any atom is -0.478 e. The van der Waals surface area contributed by atoms with Crippen molar-refractivity contribution in [3.05, 3.63) is 62.5 Å². The second-order valence-corrected chi connectivity index (χ2v) is 7.98. The molecule has 0 aliphatic carbocycles. The van der Waals surface area contributed by atoms with Gasteiger partial charge in [-0.2, -0.15) is 22.5 Å². The summed E-state index contributed by atoms with van der Waals surface area (Å²) in [5.74, 6) is -0.800. The Labute approximate surface area is 184 Å². The summed E-state index contributed by atoms with van der Waals surface area (Å²) in [5, 5.41) is 16.2. The Morgan fingerprint density at radius 1 is 1.03 bits per heavy atom. The van der Waals surface area contributed by atoms with Crippen LogP contribution in [0.4, 0.5) is 13.2 Å². The Hall–Kier alpha value is -3.34. The number of hydrogen-bond acceptors (Lipinski definition) is 5. The predicted octanol–water partition coefficient (Wildman–Crippen LogP) is 3.95. The largest absolute Gasteiger partial charge is 0.478 e. The molecule has 0 amide bonds. The van der Waals surface area contributed by atoms with Crippen LogP contribution in [0.2, 0.25) is 5.02 Å². The molecular weight excluding hydrogens is 453 g/mol. The summed E-state index contributed by atoms with van der Waals surface area (Å²) in [7, 11) is 0. The Morgan fingerprint density at radius 3 is 2.03 bits per heavy atom. The van der Waals surface area contributed by atoms with Crippen molar-refractivity contribution in [2.24, 2.45) is 0 Å². The molecule has 0 spiro atoms. The van der Waals surface area contributed by atoms with E-state index in [9.17, 15) is 27.9 Å². The van der Waals surface area contributed by atoms with Gasteiger partial charge in [0.15, 0.2) is 5.60 Å². The number of halogens is 4. The molecular formula is C20H18ClF3N4O4. The number of ether oxygens (including phenoxy) is 1. The molecule has 0 fully saturated rings. The fraction of sp³-hybridized carbons (Fsp3) is 0.300. The van der Waals surface area contributed by atoms with Gasteiger partial charge >= 0.3 is 17.8 Å². The molecule has 3 rings (SSSR count). The molecule has 0 aliphatic rings. The van der Waals surface area contributed by atoms with Gasteiger partial charge in [0, 0.05) is 0 Å². The SMILES string of the molecule is Cc1cc(-n2nnn(-c3ccc(C(F)(F)F)c(Cl)c3)c2=O)cc(C)c1OC(C)(C)C(=O)O. The number of aliphatic carboxylic acids is 1. The van der Waals surface area contributed by atoms with Crippen LogP contribution < -0.4 is 10.4 Å². The number of benzene rings is 2. The van der Waals surface area contributed by atoms with E-state index in [1.165, 1.54) is 13.8 Å². The van der Waals surface area contributed by atoms with Crippen molar-refractivity contribution in [3.63, 3.8) is 0 Å². The third kappa shape index (κ3) is 4.33. The van der Waals surface area contributed by atoms with Gasteiger partial charge in [-0.25, -0.2) is 9.59 Å². The lowest BCUT2D eigenvalue weighted by Gasteiger charge is -2.24. The molecule has 0 radical (unpaired) electrons. The van der Waals surface area contributed by atoms with Gasteiger partial charge in [-0.15, -0.1) is 0 Å². The molecule has 0 bridgehead atoms. The number of nitrogens with zero attached hydrogens (tertiary/aromatic N) is 4. The van der Waals surface area contributed by atoms with Crippen LogP contribution in [0.5, 0.6) is 5.75 Å². The standard InChI is InChI=1S/C20H18ClF3N4O4/c1-10-7-13(8-11(2)16(10)32-19(3,4)17(29)30)28-18(31)27(25-26-28)12-5-6-14(15(21)9-12)20(22,23)24/h5-9H,1-4H3,(H,29,30). The first-order valence-corrected chi connectivity index (χ1v) is 9.56. The monoisotopic (exact) mass is 470 g/mol. The number of aryl methyl sites for hydroxylation is 2. The van der Waals surface area contributed by atoms with Crippen molar-refractivity contribution < 1.29 is 27.8 Å². The van der Waals surface area contributed by atoms with E-state index in [0.29, 0.717) is 22.6 Å². The lowest BCUT2D eigenvalue weighted by atomic mass is 10.1. The first kappa shape index (κ1) is 23.3. The van der Waals surface area contributed by atoms with Gasteiger partial charge in [0.1, 0.15) is 5.75 Å². The highest BCUT2D eigenvalue weighted by Gasteiger charge is 2.33. The van der Waals surface area contributed by atoms with Gasteiger partial charge in [-0.3, -0.25) is 0 Å². The predicted molar refractivity (Wildman–Crippen MR) is 109 cm³/mol. The van der Waals surface area contributed by atoms with Gasteiger partial charge in [-0.05, 0) is 79.6 Å². The average Bonchev–Trinajstić information content (AvgIpc) is 3.04. The lowest BCUT2D eigenvalue weighted by Crippen LogP contribution is -2.38. The molecule has 32 heavy (non-hydrogen) atoms. The lowest BCUT2D eigenvalue weighted by molar-refractivity contribution is -0.152. The summed E-state index contributed by atoms with van der Waals surface area (Å²) in [6.07, 6.45) is -4.63. The molecule has 0 aliphatic heterocycles. The topological polar surface area (TPSA) is 99.2 Å². The summed E-state index contributed by atoms with van der Waals surface area (Å²) >= 11 is 5.73. The van der Waals surface area contributed by atoms with Crippen LogP contribution >= 0.6 is 11.6 Å². The highest BCUT2D eigenvalue weighted by atomic mass is 35.5. The van der Waals surface area contributed by atoms with Crippen molar-refractivity contribution in [2.45, 2.75) is 39.5 Å². The maximum atomic E-state index is 12.9. The summed E-state index contributed by atoms with van der Waals surface area (Å²) in [5.41, 5.74) is -1.82. The first-order valence-electron chi connectivity index (χ1n) is 9.18. The fourth-order valence-electron chi connectivity index (χ4n) is 2.95. The highest BCUT2D eigenvalue weighted by molar-refractivity contribution is 6.31. The highest BCUT2D eigenvalue weighted by Crippen LogP contribution is 2.35. The van der Waals surface area contributed by atoms with E-state index in [4.69, 9.17) is 16.3 Å². The maximum absolute atomic E-state index is 12.9. The second kappa shape index (κ2) is 7.97. The summed E-state index contributed by atoms with van der Waals surface area (Å²) in [4.78, 5) is 24.2. The summed E-state index contributed by atoms with van der Waals surface area (Å²) in [6, 6.07) is 5.91. The molecule has 3 aromatic rings. The second-order valence-electron chi connectivity index (χ2n) is 7.57. The zero-order valence-electron chi connectivity index (χ0n) is 17.4. The molecule has 2 aromatic carbocycles. The van der Waals surface area contributed by atoms with Gasteiger partial charge in [0.25, 0.3) is 0 Å². The molecule has 0 saturated heterocycles. The number of aromatic nitrogens is 4. The Kier molecular flexibility index (Phi) is 5.81. The molecule has 1 heterocycles. The van der Waals surface area contributed by atoms with Crippen molar-refractivity contribution in [1.82, 2.24) is 19.8 Å². The van der Waals surface area contributed by atoms with Crippen molar-refractivity contribution in [3.8, 4) is 17.1 Å². The quantitative estimate of drug-likeness (QED) is 0.606. The van der Waals surface area contributed by atoms with Crippen LogP contribution in [-0.4, -0.2) is 36.5 Å². The van der Waals surface area contributed by atoms with Gasteiger partial charge in [0.05, 0.1) is 22.0 Å². The molecule has 1 aromatic heterocycles. The van der Waals surface area contributed by atoms with E-state index < -0.39 is 34.0 Å². The van der Waals surface area contributed by atoms with Crippen LogP contribution in [0.15, 0.2) is 35.1 Å². The minimum atomic E-state index is -4.63. The number of carboxylic acid groups (broad SMARTS) is 1. The number of rotatable bonds is 5. The number of carboxylic acids is 1. The zero-order chi connectivity index (χ0) is 24.0. The number of hydrogen-bond donors (Lipinski definition) is 1. The molecule has 170 valence electrons. The summed E-state index contributed by atoms with van der Waals surface area (Å²) in [6.45, 7) is 6.17. The van der Waals surface area contributed by atoms with Crippen LogP contribution in [0.25, 0.3) is 11.4 Å². The van der Waals surface area contributed by atoms with Crippen LogP contribution in [0.3, 0.4) is 0 Å². The normalized spacial score (nSPS) is 12.1. The third-order valence-electron chi connectivity index (χ3n) is 4.65. The number of tetrazole rings is 1. The smallest absolute Gasteiger partial charge is 0.417 e. The molecule has 1 N–H and O–H groups in total. The Bertz CT molecular complexity index is 1240. The van der Waals surface area contributed by atoms with Gasteiger partial charge in [-0.1, -0.05) is 11.6 Å². The van der Waals surface area contributed by atoms with E-state index in [-0.39, 0.29) is 5.69 Å². The number of carbonyl (C=O) groups is 1. The van der Waals surface area contributed by atoms with E-state index in [0.717, 1.165) is 27.6 Å². The van der Waals surface area contributed by atoms with Gasteiger partial charge < -0.3 is 9.84 Å². The molecule has 12 heteroatoms. The van der Waals surface area contributed by atoms with E-state index in [2.05, 4.69) is 10.4 Å². The van der Waals surface area contributed by atoms with Crippen LogP contribution in [0, 0.1) is 13.8 Å². The number of alkyl halides is 3. The summed E-state index contributed by atoms with van der Waals surface area (Å²) < 4.78 is 46.2. The molecule has 0 saturated carbocycles. The fourth-order valence-corrected chi connectivity index (χ4v) is 3.23. The Balaban J connectivity index is 2.01. The molecule has 0 atom stereocenters. The van der Waals surface area contributed by atoms with Crippen molar-refractivity contribution in [2.75, 3.05) is 0 Å². The third-order valence-corrected chi connectivity index (χ3v) is 4.96. The van der Waals surface area contributed by atoms with Crippen molar-refractivity contribution in [1.29, 1.82) is 0 Å². The zero-order valence-corrected chi connectivity index (χ0v) is 18.1. The molecule has 0 unspecified atom stereocenters. The van der Waals surface area contributed by atoms with Gasteiger partial charge in [0.2, 0.25) is 0 Å². The Morgan fingerprint density at radius 2 is 1.56 bits per heavy atom. The van der Waals surface area contributed by atoms with E-state index in [1.54, 1.807) is 26.0 Å². The average molecular weight is 471 g/mol. The van der Waals surface area contributed by atoms with E-state index >= 15 is 0 Å². The first-order chi connectivity index (χ1) is 14.7. The van der Waals surface area contributed by atoms with Crippen LogP contribution in [-0.2, 0) is 11.0 Å². The van der Waals surface area contributed by atoms with Crippen LogP contribution in [0.1, 0.15) is 30.5 Å². The van der Waals surface area contributed by atoms with E-state index in [1.807, 2.05) is 0 Å². The minimum absolute atomic E-state index is 0.0101. The molecule has 8 nitrogen and oxygen atoms in total. The van der Waals surface area contributed by atoms with Crippen molar-refractivity contribution >= 4 is 17.6 Å². The maximum Gasteiger partial charge on any atom is 0.417 e.